The van der Waals surface area contributed by atoms with E-state index in [2.05, 4.69) is 12.2 Å². The molecule has 166 valence electrons. The summed E-state index contributed by atoms with van der Waals surface area (Å²) in [6, 6.07) is -0.934. The number of hydrogen-bond acceptors (Lipinski definition) is 7. The maximum absolute atomic E-state index is 12.9. The molecular formula is C18H33Cl2N2O5S-. The Kier molecular flexibility index (Phi) is 10.8. The minimum absolute atomic E-state index is 0. The van der Waals surface area contributed by atoms with Gasteiger partial charge in [0.1, 0.15) is 29.9 Å². The van der Waals surface area contributed by atoms with Crippen LogP contribution in [0.2, 0.25) is 0 Å². The highest BCUT2D eigenvalue weighted by atomic mass is 35.5. The molecule has 0 spiro atoms. The summed E-state index contributed by atoms with van der Waals surface area (Å²) in [6.07, 6.45) is -0.0980. The third kappa shape index (κ3) is 5.88. The Morgan fingerprint density at radius 2 is 1.96 bits per heavy atom. The third-order valence-electron chi connectivity index (χ3n) is 5.63. The number of rotatable bonds is 7. The van der Waals surface area contributed by atoms with Gasteiger partial charge in [-0.25, -0.2) is 0 Å². The number of alkyl halides is 1. The van der Waals surface area contributed by atoms with Gasteiger partial charge >= 0.3 is 0 Å². The number of halogens is 2. The van der Waals surface area contributed by atoms with E-state index in [1.165, 1.54) is 11.8 Å². The van der Waals surface area contributed by atoms with Gasteiger partial charge in [0.15, 0.2) is 0 Å². The van der Waals surface area contributed by atoms with Crippen LogP contribution in [0.1, 0.15) is 33.1 Å². The van der Waals surface area contributed by atoms with Crippen molar-refractivity contribution in [3.8, 4) is 0 Å². The fraction of sp³-hybridized carbons (Fsp3) is 0.944. The molecule has 0 aromatic carbocycles. The lowest BCUT2D eigenvalue weighted by atomic mass is 9.92. The highest BCUT2D eigenvalue weighted by molar-refractivity contribution is 7.99. The van der Waals surface area contributed by atoms with E-state index < -0.39 is 41.3 Å². The smallest absolute Gasteiger partial charge is 0.237 e. The molecule has 2 aliphatic rings. The lowest BCUT2D eigenvalue weighted by Crippen LogP contribution is -3.00. The summed E-state index contributed by atoms with van der Waals surface area (Å²) in [5, 5.41) is 33.0. The van der Waals surface area contributed by atoms with E-state index in [9.17, 15) is 20.1 Å². The Morgan fingerprint density at radius 3 is 2.50 bits per heavy atom. The summed E-state index contributed by atoms with van der Waals surface area (Å²) in [5.41, 5.74) is -0.702. The SMILES string of the molecule is CCC[C@@H]1C[C@@H](C(=O)NC(C(C)Cl)C2O[C@H](SC)[C@H](O)[C@@H](O)[C@H]2O)N(C)C1.[Cl-]. The molecule has 10 heteroatoms. The van der Waals surface area contributed by atoms with Crippen LogP contribution < -0.4 is 17.7 Å². The maximum Gasteiger partial charge on any atom is 0.237 e. The van der Waals surface area contributed by atoms with Gasteiger partial charge in [0.2, 0.25) is 5.91 Å². The molecule has 1 amide bonds. The first-order chi connectivity index (χ1) is 12.7. The Morgan fingerprint density at radius 1 is 1.32 bits per heavy atom. The van der Waals surface area contributed by atoms with Gasteiger partial charge in [0.05, 0.1) is 17.5 Å². The van der Waals surface area contributed by atoms with Crippen molar-refractivity contribution in [2.45, 2.75) is 80.4 Å². The molecule has 28 heavy (non-hydrogen) atoms. The minimum atomic E-state index is -1.36. The first kappa shape index (κ1) is 26.2. The van der Waals surface area contributed by atoms with Crippen molar-refractivity contribution >= 4 is 29.3 Å². The van der Waals surface area contributed by atoms with Crippen molar-refractivity contribution in [1.82, 2.24) is 10.2 Å². The zero-order valence-corrected chi connectivity index (χ0v) is 19.1. The molecule has 2 aliphatic heterocycles. The van der Waals surface area contributed by atoms with Crippen molar-refractivity contribution in [2.24, 2.45) is 5.92 Å². The van der Waals surface area contributed by atoms with Gasteiger partial charge in [-0.3, -0.25) is 9.69 Å². The predicted molar refractivity (Wildman–Crippen MR) is 107 cm³/mol. The van der Waals surface area contributed by atoms with E-state index in [1.807, 2.05) is 11.9 Å². The van der Waals surface area contributed by atoms with E-state index in [1.54, 1.807) is 13.2 Å². The van der Waals surface area contributed by atoms with Gasteiger partial charge in [-0.1, -0.05) is 13.3 Å². The first-order valence-electron chi connectivity index (χ1n) is 9.58. The monoisotopic (exact) mass is 459 g/mol. The lowest BCUT2D eigenvalue weighted by molar-refractivity contribution is -0.205. The number of aliphatic hydroxyl groups excluding tert-OH is 3. The molecule has 2 fully saturated rings. The van der Waals surface area contributed by atoms with Crippen LogP contribution >= 0.6 is 23.4 Å². The third-order valence-corrected chi connectivity index (χ3v) is 6.76. The Bertz CT molecular complexity index is 503. The lowest BCUT2D eigenvalue weighted by Gasteiger charge is -2.44. The molecule has 0 bridgehead atoms. The molecule has 4 N–H and O–H groups in total. The van der Waals surface area contributed by atoms with E-state index >= 15 is 0 Å². The van der Waals surface area contributed by atoms with Crippen LogP contribution in [-0.4, -0.2) is 93.3 Å². The second-order valence-corrected chi connectivity index (χ2v) is 9.36. The molecule has 2 heterocycles. The van der Waals surface area contributed by atoms with Crippen molar-refractivity contribution in [3.05, 3.63) is 0 Å². The second-order valence-electron chi connectivity index (χ2n) is 7.73. The minimum Gasteiger partial charge on any atom is -1.00 e. The number of nitrogens with zero attached hydrogens (tertiary/aromatic N) is 1. The molecule has 0 radical (unpaired) electrons. The standard InChI is InChI=1S/C18H33ClN2O5S.ClH/c1-5-6-10-7-11(21(3)8-10)17(25)20-12(9(2)19)16-14(23)13(22)15(24)18(26-16)27-4;/h9-16,18,22-24H,5-8H2,1-4H3,(H,20,25);1H/p-1/t9?,10-,11+,12?,13+,14-,15-,16?,18-;/m1./s1. The fourth-order valence-corrected chi connectivity index (χ4v) is 5.00. The molecule has 0 saturated carbocycles. The number of carbonyl (C=O) groups is 1. The summed E-state index contributed by atoms with van der Waals surface area (Å²) in [6.45, 7) is 4.74. The largest absolute Gasteiger partial charge is 1.00 e. The quantitative estimate of drug-likeness (QED) is 0.309. The molecule has 0 aromatic rings. The number of amides is 1. The zero-order valence-electron chi connectivity index (χ0n) is 16.8. The number of hydrogen-bond donors (Lipinski definition) is 4. The number of thioether (sulfide) groups is 1. The summed E-state index contributed by atoms with van der Waals surface area (Å²) < 4.78 is 5.79. The van der Waals surface area contributed by atoms with Gasteiger partial charge in [0, 0.05) is 6.54 Å². The first-order valence-corrected chi connectivity index (χ1v) is 11.3. The van der Waals surface area contributed by atoms with Crippen LogP contribution in [-0.2, 0) is 9.53 Å². The van der Waals surface area contributed by atoms with E-state index in [4.69, 9.17) is 16.3 Å². The van der Waals surface area contributed by atoms with Crippen LogP contribution in [0.25, 0.3) is 0 Å². The number of carbonyl (C=O) groups excluding carboxylic acids is 1. The number of aliphatic hydroxyl groups is 3. The van der Waals surface area contributed by atoms with Crippen LogP contribution in [0.3, 0.4) is 0 Å². The number of likely N-dealkylation sites (N-methyl/N-ethyl adjacent to an activating group) is 1. The molecule has 0 aliphatic carbocycles. The average Bonchev–Trinajstić information content (AvgIpc) is 2.99. The average molecular weight is 460 g/mol. The van der Waals surface area contributed by atoms with E-state index in [-0.39, 0.29) is 24.4 Å². The Hall–Kier alpha value is 0.200. The zero-order chi connectivity index (χ0) is 20.3. The molecule has 2 saturated heterocycles. The Balaban J connectivity index is 0.00000392. The molecule has 9 atom stereocenters. The molecule has 0 aromatic heterocycles. The maximum atomic E-state index is 12.9. The molecule has 7 nitrogen and oxygen atoms in total. The Labute approximate surface area is 182 Å². The van der Waals surface area contributed by atoms with Crippen molar-refractivity contribution in [1.29, 1.82) is 0 Å². The van der Waals surface area contributed by atoms with Gasteiger partial charge in [-0.2, -0.15) is 0 Å². The molecule has 2 rings (SSSR count). The summed E-state index contributed by atoms with van der Waals surface area (Å²) in [5.74, 6) is 0.350. The van der Waals surface area contributed by atoms with Crippen molar-refractivity contribution < 1.29 is 37.3 Å². The fourth-order valence-electron chi connectivity index (χ4n) is 4.11. The predicted octanol–water partition coefficient (Wildman–Crippen LogP) is -2.61. The van der Waals surface area contributed by atoms with Crippen LogP contribution in [0.4, 0.5) is 0 Å². The highest BCUT2D eigenvalue weighted by Gasteiger charge is 2.48. The number of nitrogens with one attached hydrogen (secondary N) is 1. The van der Waals surface area contributed by atoms with Crippen molar-refractivity contribution in [3.63, 3.8) is 0 Å². The number of likely N-dealkylation sites (tertiary alicyclic amines) is 1. The molecular weight excluding hydrogens is 427 g/mol. The summed E-state index contributed by atoms with van der Waals surface area (Å²) >= 11 is 7.55. The van der Waals surface area contributed by atoms with Gasteiger partial charge in [0.25, 0.3) is 0 Å². The summed E-state index contributed by atoms with van der Waals surface area (Å²) in [7, 11) is 1.94. The van der Waals surface area contributed by atoms with E-state index in [0.29, 0.717) is 5.92 Å². The van der Waals surface area contributed by atoms with Crippen LogP contribution in [0.15, 0.2) is 0 Å². The van der Waals surface area contributed by atoms with Crippen LogP contribution in [0.5, 0.6) is 0 Å². The second kappa shape index (κ2) is 11.6. The number of ether oxygens (including phenoxy) is 1. The highest BCUT2D eigenvalue weighted by Crippen LogP contribution is 2.31. The van der Waals surface area contributed by atoms with Gasteiger partial charge in [-0.05, 0) is 39.0 Å². The van der Waals surface area contributed by atoms with Crippen LogP contribution in [0, 0.1) is 5.92 Å². The van der Waals surface area contributed by atoms with E-state index in [0.717, 1.165) is 25.8 Å². The topological polar surface area (TPSA) is 102 Å². The normalized spacial score (nSPS) is 38.5. The molecule has 3 unspecified atom stereocenters. The van der Waals surface area contributed by atoms with Gasteiger partial charge in [-0.15, -0.1) is 23.4 Å². The summed E-state index contributed by atoms with van der Waals surface area (Å²) in [4.78, 5) is 14.9. The van der Waals surface area contributed by atoms with Gasteiger partial charge < -0.3 is 37.8 Å². The van der Waals surface area contributed by atoms with Crippen molar-refractivity contribution in [2.75, 3.05) is 19.8 Å².